The summed E-state index contributed by atoms with van der Waals surface area (Å²) in [5, 5.41) is 5.34. The summed E-state index contributed by atoms with van der Waals surface area (Å²) in [7, 11) is 1.75. The Hall–Kier alpha value is -2.99. The van der Waals surface area contributed by atoms with Crippen molar-refractivity contribution in [3.63, 3.8) is 0 Å². The van der Waals surface area contributed by atoms with Gasteiger partial charge in [-0.15, -0.1) is 0 Å². The molecule has 0 saturated heterocycles. The lowest BCUT2D eigenvalue weighted by molar-refractivity contribution is 0.0993. The summed E-state index contributed by atoms with van der Waals surface area (Å²) < 4.78 is 12.6. The normalized spacial score (nSPS) is 14.9. The first-order valence-electron chi connectivity index (χ1n) is 9.56. The Bertz CT molecular complexity index is 1120. The quantitative estimate of drug-likeness (QED) is 0.625. The number of hydrogen-bond donors (Lipinski definition) is 0. The topological polar surface area (TPSA) is 56.6 Å². The molecule has 0 spiro atoms. The van der Waals surface area contributed by atoms with Gasteiger partial charge in [0.25, 0.3) is 5.91 Å². The number of halogens is 1. The summed E-state index contributed by atoms with van der Waals surface area (Å²) >= 11 is 6.50. The van der Waals surface area contributed by atoms with E-state index in [-0.39, 0.29) is 12.7 Å². The first kappa shape index (κ1) is 18.1. The predicted molar refractivity (Wildman–Crippen MR) is 111 cm³/mol. The second-order valence-corrected chi connectivity index (χ2v) is 7.80. The summed E-state index contributed by atoms with van der Waals surface area (Å²) in [5.41, 5.74) is 4.00. The first-order valence-corrected chi connectivity index (χ1v) is 9.94. The maximum Gasteiger partial charge on any atom is 0.258 e. The van der Waals surface area contributed by atoms with Crippen molar-refractivity contribution in [3.8, 4) is 17.2 Å². The number of fused-ring (bicyclic) bond motifs is 1. The Morgan fingerprint density at radius 3 is 2.76 bits per heavy atom. The number of benzene rings is 2. The van der Waals surface area contributed by atoms with Crippen molar-refractivity contribution in [2.24, 2.45) is 0 Å². The SMILES string of the molecule is Cc1nn(-c2cccc(C(=O)N(C)c3ccc4c(c3)OCO4)c2)c(C2CC2)c1Cl. The molecule has 0 atom stereocenters. The monoisotopic (exact) mass is 409 g/mol. The largest absolute Gasteiger partial charge is 0.454 e. The van der Waals surface area contributed by atoms with Crippen LogP contribution in [0.3, 0.4) is 0 Å². The summed E-state index contributed by atoms with van der Waals surface area (Å²) in [5.74, 6) is 1.66. The van der Waals surface area contributed by atoms with Gasteiger partial charge >= 0.3 is 0 Å². The molecule has 0 radical (unpaired) electrons. The molecular formula is C22H20ClN3O3. The Kier molecular flexibility index (Phi) is 4.24. The zero-order valence-electron chi connectivity index (χ0n) is 16.2. The number of aromatic nitrogens is 2. The molecule has 2 heterocycles. The van der Waals surface area contributed by atoms with Crippen molar-refractivity contribution in [2.45, 2.75) is 25.7 Å². The van der Waals surface area contributed by atoms with Crippen LogP contribution in [0.25, 0.3) is 5.69 Å². The van der Waals surface area contributed by atoms with Gasteiger partial charge in [-0.1, -0.05) is 17.7 Å². The highest BCUT2D eigenvalue weighted by Gasteiger charge is 2.31. The average Bonchev–Trinajstić information content (AvgIpc) is 3.38. The highest BCUT2D eigenvalue weighted by Crippen LogP contribution is 2.45. The molecule has 5 rings (SSSR count). The van der Waals surface area contributed by atoms with Gasteiger partial charge in [0.05, 0.1) is 22.1 Å². The molecule has 0 N–H and O–H groups in total. The lowest BCUT2D eigenvalue weighted by atomic mass is 10.1. The van der Waals surface area contributed by atoms with Crippen LogP contribution in [0, 0.1) is 6.92 Å². The number of ether oxygens (including phenoxy) is 2. The fourth-order valence-electron chi connectivity index (χ4n) is 3.61. The molecule has 7 heteroatoms. The highest BCUT2D eigenvalue weighted by atomic mass is 35.5. The lowest BCUT2D eigenvalue weighted by Crippen LogP contribution is -2.26. The van der Waals surface area contributed by atoms with E-state index >= 15 is 0 Å². The second-order valence-electron chi connectivity index (χ2n) is 7.42. The van der Waals surface area contributed by atoms with E-state index in [1.54, 1.807) is 11.9 Å². The maximum atomic E-state index is 13.1. The van der Waals surface area contributed by atoms with E-state index < -0.39 is 0 Å². The predicted octanol–water partition coefficient (Wildman–Crippen LogP) is 4.72. The molecule has 148 valence electrons. The maximum absolute atomic E-state index is 13.1. The molecule has 1 fully saturated rings. The Morgan fingerprint density at radius 2 is 1.97 bits per heavy atom. The standard InChI is InChI=1S/C22H20ClN3O3/c1-13-20(23)21(14-6-7-14)26(24-13)17-5-3-4-15(10-17)22(27)25(2)16-8-9-18-19(11-16)29-12-28-18/h3-5,8-11,14H,6-7,12H2,1-2H3. The molecule has 1 saturated carbocycles. The molecule has 1 amide bonds. The van der Waals surface area contributed by atoms with Gasteiger partial charge in [-0.05, 0) is 50.1 Å². The van der Waals surface area contributed by atoms with E-state index in [4.69, 9.17) is 21.1 Å². The van der Waals surface area contributed by atoms with E-state index in [1.165, 1.54) is 0 Å². The van der Waals surface area contributed by atoms with Crippen molar-refractivity contribution in [3.05, 3.63) is 64.4 Å². The van der Waals surface area contributed by atoms with Gasteiger partial charge in [-0.2, -0.15) is 5.10 Å². The van der Waals surface area contributed by atoms with Crippen molar-refractivity contribution < 1.29 is 14.3 Å². The number of hydrogen-bond acceptors (Lipinski definition) is 4. The van der Waals surface area contributed by atoms with Crippen molar-refractivity contribution >= 4 is 23.2 Å². The van der Waals surface area contributed by atoms with Crippen LogP contribution < -0.4 is 14.4 Å². The average molecular weight is 410 g/mol. The van der Waals surface area contributed by atoms with Crippen LogP contribution in [0.2, 0.25) is 5.02 Å². The second kappa shape index (κ2) is 6.81. The minimum atomic E-state index is -0.117. The zero-order chi connectivity index (χ0) is 20.1. The minimum absolute atomic E-state index is 0.117. The number of carbonyl (C=O) groups is 1. The van der Waals surface area contributed by atoms with E-state index in [2.05, 4.69) is 5.10 Å². The molecule has 2 aromatic carbocycles. The number of carbonyl (C=O) groups excluding carboxylic acids is 1. The molecule has 2 aliphatic rings. The minimum Gasteiger partial charge on any atom is -0.454 e. The van der Waals surface area contributed by atoms with Gasteiger partial charge in [0.1, 0.15) is 0 Å². The fraction of sp³-hybridized carbons (Fsp3) is 0.273. The molecular weight excluding hydrogens is 390 g/mol. The highest BCUT2D eigenvalue weighted by molar-refractivity contribution is 6.32. The van der Waals surface area contributed by atoms with Crippen LogP contribution in [-0.4, -0.2) is 29.5 Å². The van der Waals surface area contributed by atoms with Crippen LogP contribution in [0.4, 0.5) is 5.69 Å². The van der Waals surface area contributed by atoms with Gasteiger partial charge in [-0.3, -0.25) is 4.79 Å². The molecule has 29 heavy (non-hydrogen) atoms. The number of anilines is 1. The lowest BCUT2D eigenvalue weighted by Gasteiger charge is -2.18. The number of nitrogens with zero attached hydrogens (tertiary/aromatic N) is 3. The van der Waals surface area contributed by atoms with E-state index in [0.29, 0.717) is 23.0 Å². The van der Waals surface area contributed by atoms with Gasteiger partial charge in [0.15, 0.2) is 11.5 Å². The Labute approximate surface area is 173 Å². The molecule has 1 aromatic heterocycles. The fourth-order valence-corrected chi connectivity index (χ4v) is 3.88. The van der Waals surface area contributed by atoms with E-state index in [9.17, 15) is 4.79 Å². The summed E-state index contributed by atoms with van der Waals surface area (Å²) in [6.45, 7) is 2.11. The van der Waals surface area contributed by atoms with Crippen LogP contribution in [-0.2, 0) is 0 Å². The van der Waals surface area contributed by atoms with Gasteiger partial charge < -0.3 is 14.4 Å². The van der Waals surface area contributed by atoms with Crippen LogP contribution in [0.5, 0.6) is 11.5 Å². The van der Waals surface area contributed by atoms with Gasteiger partial charge in [-0.25, -0.2) is 4.68 Å². The van der Waals surface area contributed by atoms with Gasteiger partial charge in [0.2, 0.25) is 6.79 Å². The number of rotatable bonds is 4. The van der Waals surface area contributed by atoms with Crippen LogP contribution >= 0.6 is 11.6 Å². The van der Waals surface area contributed by atoms with Gasteiger partial charge in [0, 0.05) is 30.3 Å². The molecule has 1 aliphatic heterocycles. The molecule has 3 aromatic rings. The zero-order valence-corrected chi connectivity index (χ0v) is 16.9. The Balaban J connectivity index is 1.47. The van der Waals surface area contributed by atoms with Crippen LogP contribution in [0.15, 0.2) is 42.5 Å². The van der Waals surface area contributed by atoms with Crippen LogP contribution in [0.1, 0.15) is 40.5 Å². The molecule has 6 nitrogen and oxygen atoms in total. The summed E-state index contributed by atoms with van der Waals surface area (Å²) in [6, 6.07) is 13.0. The molecule has 0 unspecified atom stereocenters. The first-order chi connectivity index (χ1) is 14.0. The third-order valence-corrected chi connectivity index (χ3v) is 5.84. The third kappa shape index (κ3) is 3.13. The molecule has 1 aliphatic carbocycles. The number of aryl methyl sites for hydroxylation is 1. The smallest absolute Gasteiger partial charge is 0.258 e. The van der Waals surface area contributed by atoms with Crippen molar-refractivity contribution in [1.82, 2.24) is 9.78 Å². The number of amides is 1. The summed E-state index contributed by atoms with van der Waals surface area (Å²) in [6.07, 6.45) is 2.24. The Morgan fingerprint density at radius 1 is 1.17 bits per heavy atom. The van der Waals surface area contributed by atoms with E-state index in [1.807, 2.05) is 54.1 Å². The molecule has 0 bridgehead atoms. The van der Waals surface area contributed by atoms with Crippen molar-refractivity contribution in [2.75, 3.05) is 18.7 Å². The summed E-state index contributed by atoms with van der Waals surface area (Å²) in [4.78, 5) is 14.7. The third-order valence-electron chi connectivity index (χ3n) is 5.37. The van der Waals surface area contributed by atoms with E-state index in [0.717, 1.165) is 40.6 Å². The van der Waals surface area contributed by atoms with Crippen molar-refractivity contribution in [1.29, 1.82) is 0 Å².